The molecule has 0 bridgehead atoms. The Morgan fingerprint density at radius 1 is 1.42 bits per heavy atom. The lowest BCUT2D eigenvalue weighted by Crippen LogP contribution is -2.30. The second-order valence-electron chi connectivity index (χ2n) is 4.28. The number of rotatable bonds is 4. The van der Waals surface area contributed by atoms with Gasteiger partial charge in [-0.2, -0.15) is 0 Å². The number of aliphatic imine (C=N–C) groups is 1. The molecule has 1 aliphatic rings. The number of carbonyl (C=O) groups excluding carboxylic acids is 2. The summed E-state index contributed by atoms with van der Waals surface area (Å²) in [5.74, 6) is -1.26. The third kappa shape index (κ3) is 2.71. The molecule has 0 aliphatic carbocycles. The molecule has 0 spiro atoms. The number of ether oxygens (including phenoxy) is 1. The minimum Gasteiger partial charge on any atom is -0.461 e. The maximum absolute atomic E-state index is 11.8. The Morgan fingerprint density at radius 2 is 2.16 bits per heavy atom. The SMILES string of the molecule is CCCCOC(=O)C1=NC(=O)c2ccccc2C1O. The quantitative estimate of drug-likeness (QED) is 0.660. The van der Waals surface area contributed by atoms with Crippen LogP contribution in [0.1, 0.15) is 41.8 Å². The Labute approximate surface area is 110 Å². The van der Waals surface area contributed by atoms with Crippen LogP contribution in [0.3, 0.4) is 0 Å². The van der Waals surface area contributed by atoms with E-state index in [1.807, 2.05) is 6.92 Å². The Kier molecular flexibility index (Phi) is 4.06. The molecule has 100 valence electrons. The maximum atomic E-state index is 11.8. The first-order valence-corrected chi connectivity index (χ1v) is 6.22. The predicted octanol–water partition coefficient (Wildman–Crippen LogP) is 1.66. The highest BCUT2D eigenvalue weighted by molar-refractivity contribution is 6.41. The van der Waals surface area contributed by atoms with Crippen LogP contribution in [-0.4, -0.2) is 29.3 Å². The summed E-state index contributed by atoms with van der Waals surface area (Å²) in [4.78, 5) is 27.2. The zero-order valence-corrected chi connectivity index (χ0v) is 10.6. The van der Waals surface area contributed by atoms with E-state index < -0.39 is 18.0 Å². The molecule has 0 saturated carbocycles. The number of carbonyl (C=O) groups is 2. The van der Waals surface area contributed by atoms with Crippen LogP contribution in [0, 0.1) is 0 Å². The van der Waals surface area contributed by atoms with Crippen LogP contribution in [0.4, 0.5) is 0 Å². The van der Waals surface area contributed by atoms with Gasteiger partial charge < -0.3 is 9.84 Å². The molecule has 0 fully saturated rings. The smallest absolute Gasteiger partial charge is 0.355 e. The highest BCUT2D eigenvalue weighted by Crippen LogP contribution is 2.25. The van der Waals surface area contributed by atoms with Crippen molar-refractivity contribution in [3.8, 4) is 0 Å². The van der Waals surface area contributed by atoms with E-state index in [-0.39, 0.29) is 12.3 Å². The molecule has 1 heterocycles. The lowest BCUT2D eigenvalue weighted by molar-refractivity contribution is -0.136. The Hall–Kier alpha value is -2.01. The first-order chi connectivity index (χ1) is 9.15. The molecule has 1 atom stereocenters. The molecule has 0 saturated heterocycles. The van der Waals surface area contributed by atoms with Crippen LogP contribution < -0.4 is 0 Å². The largest absolute Gasteiger partial charge is 0.461 e. The van der Waals surface area contributed by atoms with E-state index >= 15 is 0 Å². The molecule has 5 nitrogen and oxygen atoms in total. The number of fused-ring (bicyclic) bond motifs is 1. The Balaban J connectivity index is 2.20. The van der Waals surface area contributed by atoms with Gasteiger partial charge in [0.2, 0.25) is 0 Å². The van der Waals surface area contributed by atoms with E-state index in [0.717, 1.165) is 12.8 Å². The maximum Gasteiger partial charge on any atom is 0.355 e. The number of aliphatic hydroxyl groups is 1. The van der Waals surface area contributed by atoms with Gasteiger partial charge in [0.1, 0.15) is 6.10 Å². The van der Waals surface area contributed by atoms with Gasteiger partial charge in [-0.15, -0.1) is 0 Å². The van der Waals surface area contributed by atoms with Crippen LogP contribution in [0.5, 0.6) is 0 Å². The molecular weight excluding hydrogens is 246 g/mol. The Bertz CT molecular complexity index is 536. The summed E-state index contributed by atoms with van der Waals surface area (Å²) >= 11 is 0. The molecule has 1 N–H and O–H groups in total. The highest BCUT2D eigenvalue weighted by Gasteiger charge is 2.32. The lowest BCUT2D eigenvalue weighted by atomic mass is 9.95. The van der Waals surface area contributed by atoms with Gasteiger partial charge in [0.05, 0.1) is 6.61 Å². The van der Waals surface area contributed by atoms with Crippen LogP contribution in [0.25, 0.3) is 0 Å². The first-order valence-electron chi connectivity index (χ1n) is 6.22. The van der Waals surface area contributed by atoms with Crippen molar-refractivity contribution in [1.82, 2.24) is 0 Å². The number of hydrogen-bond acceptors (Lipinski definition) is 4. The van der Waals surface area contributed by atoms with E-state index in [0.29, 0.717) is 11.1 Å². The van der Waals surface area contributed by atoms with Gasteiger partial charge in [-0.1, -0.05) is 31.5 Å². The van der Waals surface area contributed by atoms with Crippen molar-refractivity contribution in [2.24, 2.45) is 4.99 Å². The zero-order valence-electron chi connectivity index (χ0n) is 10.6. The fraction of sp³-hybridized carbons (Fsp3) is 0.357. The number of unbranched alkanes of at least 4 members (excludes halogenated alkanes) is 1. The van der Waals surface area contributed by atoms with E-state index in [9.17, 15) is 14.7 Å². The number of benzene rings is 1. The summed E-state index contributed by atoms with van der Waals surface area (Å²) in [6.45, 7) is 2.23. The molecule has 19 heavy (non-hydrogen) atoms. The molecule has 5 heteroatoms. The van der Waals surface area contributed by atoms with E-state index in [1.165, 1.54) is 0 Å². The number of aliphatic hydroxyl groups excluding tert-OH is 1. The molecule has 1 aromatic rings. The summed E-state index contributed by atoms with van der Waals surface area (Å²) in [5, 5.41) is 10.1. The predicted molar refractivity (Wildman–Crippen MR) is 69.0 cm³/mol. The third-order valence-corrected chi connectivity index (χ3v) is 2.91. The number of amides is 1. The zero-order chi connectivity index (χ0) is 13.8. The number of nitrogens with zero attached hydrogens (tertiary/aromatic N) is 1. The molecule has 1 unspecified atom stereocenters. The van der Waals surface area contributed by atoms with Crippen LogP contribution in [0.15, 0.2) is 29.3 Å². The van der Waals surface area contributed by atoms with E-state index in [4.69, 9.17) is 4.74 Å². The van der Waals surface area contributed by atoms with Crippen molar-refractivity contribution >= 4 is 17.6 Å². The van der Waals surface area contributed by atoms with Gasteiger partial charge >= 0.3 is 5.97 Å². The summed E-state index contributed by atoms with van der Waals surface area (Å²) in [5.41, 5.74) is 0.477. The number of esters is 1. The minimum absolute atomic E-state index is 0.236. The molecule has 1 aliphatic heterocycles. The molecule has 2 rings (SSSR count). The van der Waals surface area contributed by atoms with Crippen molar-refractivity contribution in [1.29, 1.82) is 0 Å². The lowest BCUT2D eigenvalue weighted by Gasteiger charge is -2.19. The van der Waals surface area contributed by atoms with Gasteiger partial charge in [0.25, 0.3) is 5.91 Å². The molecule has 0 aromatic heterocycles. The second kappa shape index (κ2) is 5.75. The summed E-state index contributed by atoms with van der Waals surface area (Å²) in [7, 11) is 0. The summed E-state index contributed by atoms with van der Waals surface area (Å²) < 4.78 is 4.97. The second-order valence-corrected chi connectivity index (χ2v) is 4.28. The summed E-state index contributed by atoms with van der Waals surface area (Å²) in [6.07, 6.45) is 0.423. The topological polar surface area (TPSA) is 76.0 Å². The van der Waals surface area contributed by atoms with E-state index in [1.54, 1.807) is 24.3 Å². The Morgan fingerprint density at radius 3 is 2.89 bits per heavy atom. The molecule has 1 amide bonds. The van der Waals surface area contributed by atoms with Crippen LogP contribution in [-0.2, 0) is 9.53 Å². The van der Waals surface area contributed by atoms with Gasteiger partial charge in [0, 0.05) is 5.56 Å². The summed E-state index contributed by atoms with van der Waals surface area (Å²) in [6, 6.07) is 6.56. The standard InChI is InChI=1S/C14H15NO4/c1-2-3-8-19-14(18)11-12(16)9-6-4-5-7-10(9)13(17)15-11/h4-7,12,16H,2-3,8H2,1H3. The average Bonchev–Trinajstić information content (AvgIpc) is 2.43. The van der Waals surface area contributed by atoms with Gasteiger partial charge in [0.15, 0.2) is 5.71 Å². The van der Waals surface area contributed by atoms with Gasteiger partial charge in [-0.25, -0.2) is 9.79 Å². The average molecular weight is 261 g/mol. The molecule has 0 radical (unpaired) electrons. The van der Waals surface area contributed by atoms with Crippen molar-refractivity contribution in [2.45, 2.75) is 25.9 Å². The fourth-order valence-corrected chi connectivity index (χ4v) is 1.85. The molecule has 1 aromatic carbocycles. The minimum atomic E-state index is -1.21. The third-order valence-electron chi connectivity index (χ3n) is 2.91. The van der Waals surface area contributed by atoms with E-state index in [2.05, 4.69) is 4.99 Å². The van der Waals surface area contributed by atoms with Gasteiger partial charge in [-0.3, -0.25) is 4.79 Å². The van der Waals surface area contributed by atoms with Crippen molar-refractivity contribution in [2.75, 3.05) is 6.61 Å². The fourth-order valence-electron chi connectivity index (χ4n) is 1.85. The van der Waals surface area contributed by atoms with Crippen molar-refractivity contribution < 1.29 is 19.4 Å². The monoisotopic (exact) mass is 261 g/mol. The van der Waals surface area contributed by atoms with Crippen LogP contribution >= 0.6 is 0 Å². The highest BCUT2D eigenvalue weighted by atomic mass is 16.5. The normalized spacial score (nSPS) is 17.7. The number of hydrogen-bond donors (Lipinski definition) is 1. The van der Waals surface area contributed by atoms with Crippen molar-refractivity contribution in [3.63, 3.8) is 0 Å². The van der Waals surface area contributed by atoms with Crippen molar-refractivity contribution in [3.05, 3.63) is 35.4 Å². The van der Waals surface area contributed by atoms with Crippen LogP contribution in [0.2, 0.25) is 0 Å². The first kappa shape index (κ1) is 13.4. The van der Waals surface area contributed by atoms with Gasteiger partial charge in [-0.05, 0) is 18.1 Å². The molecular formula is C14H15NO4.